The van der Waals surface area contributed by atoms with E-state index in [0.717, 1.165) is 19.3 Å². The number of hydrogen-bond donors (Lipinski definition) is 2. The van der Waals surface area contributed by atoms with Crippen molar-refractivity contribution in [2.45, 2.75) is 63.5 Å². The smallest absolute Gasteiger partial charge is 0.222 e. The predicted molar refractivity (Wildman–Crippen MR) is 103 cm³/mol. The van der Waals surface area contributed by atoms with E-state index >= 15 is 0 Å². The number of β-amino-alcohol motifs (C(OH)–C–C–N with tert-alkyl or cyclic N) is 1. The molecule has 3 rings (SSSR count). The van der Waals surface area contributed by atoms with Crippen LogP contribution in [0.4, 0.5) is 4.39 Å². The summed E-state index contributed by atoms with van der Waals surface area (Å²) in [7, 11) is 0. The number of rotatable bonds is 6. The largest absolute Gasteiger partial charge is 0.389 e. The van der Waals surface area contributed by atoms with Crippen LogP contribution in [0.2, 0.25) is 0 Å². The highest BCUT2D eigenvalue weighted by molar-refractivity contribution is 5.76. The summed E-state index contributed by atoms with van der Waals surface area (Å²) in [6, 6.07) is 6.75. The molecular formula is C21H31FN2O4. The van der Waals surface area contributed by atoms with Crippen molar-refractivity contribution in [3.8, 4) is 0 Å². The molecule has 2 aliphatic heterocycles. The molecule has 2 heterocycles. The van der Waals surface area contributed by atoms with Gasteiger partial charge in [-0.1, -0.05) is 25.1 Å². The number of fused-ring (bicyclic) bond motifs is 1. The van der Waals surface area contributed by atoms with E-state index in [1.165, 1.54) is 6.07 Å². The number of amides is 1. The first-order valence-electron chi connectivity index (χ1n) is 10.2. The molecule has 0 radical (unpaired) electrons. The molecule has 0 unspecified atom stereocenters. The van der Waals surface area contributed by atoms with Gasteiger partial charge in [0.15, 0.2) is 0 Å². The van der Waals surface area contributed by atoms with E-state index in [4.69, 9.17) is 9.47 Å². The quantitative estimate of drug-likeness (QED) is 0.771. The van der Waals surface area contributed by atoms with Crippen molar-refractivity contribution in [3.05, 3.63) is 35.6 Å². The lowest BCUT2D eigenvalue weighted by Crippen LogP contribution is -2.55. The molecule has 0 aliphatic carbocycles. The molecule has 1 aromatic rings. The van der Waals surface area contributed by atoms with Gasteiger partial charge in [-0.2, -0.15) is 0 Å². The van der Waals surface area contributed by atoms with Gasteiger partial charge in [-0.05, 0) is 25.3 Å². The Kier molecular flexibility index (Phi) is 7.79. The van der Waals surface area contributed by atoms with Crippen molar-refractivity contribution in [2.24, 2.45) is 0 Å². The average Bonchev–Trinajstić information content (AvgIpc) is 2.66. The van der Waals surface area contributed by atoms with Crippen LogP contribution in [0.1, 0.15) is 38.2 Å². The van der Waals surface area contributed by atoms with E-state index in [9.17, 15) is 14.3 Å². The van der Waals surface area contributed by atoms with Gasteiger partial charge < -0.3 is 19.9 Å². The number of benzene rings is 1. The van der Waals surface area contributed by atoms with Crippen LogP contribution in [-0.4, -0.2) is 66.6 Å². The SMILES string of the molecule is CCCNC(=O)C[C@@H]1CC[C@@H]2[C@H](COC[C@H](O)CN2Cc2ccccc2F)O1. The average molecular weight is 394 g/mol. The van der Waals surface area contributed by atoms with E-state index in [1.54, 1.807) is 12.1 Å². The van der Waals surface area contributed by atoms with Crippen LogP contribution >= 0.6 is 0 Å². The van der Waals surface area contributed by atoms with E-state index < -0.39 is 6.10 Å². The summed E-state index contributed by atoms with van der Waals surface area (Å²) in [5, 5.41) is 13.1. The van der Waals surface area contributed by atoms with Crippen molar-refractivity contribution in [3.63, 3.8) is 0 Å². The summed E-state index contributed by atoms with van der Waals surface area (Å²) in [6.07, 6.45) is 1.87. The molecule has 4 atom stereocenters. The van der Waals surface area contributed by atoms with Gasteiger partial charge in [0, 0.05) is 31.2 Å². The Labute approximate surface area is 166 Å². The predicted octanol–water partition coefficient (Wildman–Crippen LogP) is 1.85. The number of aliphatic hydroxyl groups is 1. The van der Waals surface area contributed by atoms with Crippen LogP contribution in [0.25, 0.3) is 0 Å². The van der Waals surface area contributed by atoms with E-state index in [0.29, 0.717) is 38.2 Å². The standard InChI is InChI=1S/C21H31FN2O4/c1-2-9-23-21(26)10-17-7-8-19-20(28-17)14-27-13-16(25)12-24(19)11-15-5-3-4-6-18(15)22/h3-6,16-17,19-20,25H,2,7-14H2,1H3,(H,23,26)/t16-,17+,19-,20+/m1/s1. The van der Waals surface area contributed by atoms with Gasteiger partial charge in [-0.3, -0.25) is 9.69 Å². The number of aliphatic hydroxyl groups excluding tert-OH is 1. The van der Waals surface area contributed by atoms with Gasteiger partial charge in [-0.25, -0.2) is 4.39 Å². The molecule has 2 fully saturated rings. The molecule has 0 saturated carbocycles. The van der Waals surface area contributed by atoms with Crippen molar-refractivity contribution >= 4 is 5.91 Å². The molecule has 1 amide bonds. The van der Waals surface area contributed by atoms with Crippen molar-refractivity contribution in [1.82, 2.24) is 10.2 Å². The topological polar surface area (TPSA) is 71.0 Å². The molecule has 0 bridgehead atoms. The number of carbonyl (C=O) groups excluding carboxylic acids is 1. The summed E-state index contributed by atoms with van der Waals surface area (Å²) in [5.74, 6) is -0.232. The van der Waals surface area contributed by atoms with E-state index in [-0.39, 0.29) is 36.6 Å². The molecule has 28 heavy (non-hydrogen) atoms. The van der Waals surface area contributed by atoms with Gasteiger partial charge in [-0.15, -0.1) is 0 Å². The molecule has 7 heteroatoms. The third-order valence-electron chi connectivity index (χ3n) is 5.40. The number of nitrogens with zero attached hydrogens (tertiary/aromatic N) is 1. The van der Waals surface area contributed by atoms with Crippen LogP contribution in [0, 0.1) is 5.82 Å². The Balaban J connectivity index is 1.66. The van der Waals surface area contributed by atoms with Crippen LogP contribution in [-0.2, 0) is 20.8 Å². The zero-order valence-corrected chi connectivity index (χ0v) is 16.5. The zero-order valence-electron chi connectivity index (χ0n) is 16.5. The highest BCUT2D eigenvalue weighted by Gasteiger charge is 2.38. The van der Waals surface area contributed by atoms with Crippen LogP contribution in [0.15, 0.2) is 24.3 Å². The summed E-state index contributed by atoms with van der Waals surface area (Å²) < 4.78 is 26.0. The number of ether oxygens (including phenoxy) is 2. The maximum atomic E-state index is 14.2. The fourth-order valence-electron chi connectivity index (χ4n) is 4.02. The van der Waals surface area contributed by atoms with Crippen molar-refractivity contribution in [1.29, 1.82) is 0 Å². The van der Waals surface area contributed by atoms with E-state index in [2.05, 4.69) is 10.2 Å². The van der Waals surface area contributed by atoms with Crippen molar-refractivity contribution < 1.29 is 23.8 Å². The molecule has 6 nitrogen and oxygen atoms in total. The highest BCUT2D eigenvalue weighted by Crippen LogP contribution is 2.29. The van der Waals surface area contributed by atoms with Gasteiger partial charge in [0.25, 0.3) is 0 Å². The maximum absolute atomic E-state index is 14.2. The minimum Gasteiger partial charge on any atom is -0.389 e. The van der Waals surface area contributed by atoms with Crippen LogP contribution < -0.4 is 5.32 Å². The molecule has 2 N–H and O–H groups in total. The minimum absolute atomic E-state index is 0.00991. The second kappa shape index (κ2) is 10.3. The Morgan fingerprint density at radius 1 is 1.32 bits per heavy atom. The fraction of sp³-hybridized carbons (Fsp3) is 0.667. The lowest BCUT2D eigenvalue weighted by molar-refractivity contribution is -0.158. The van der Waals surface area contributed by atoms with E-state index in [1.807, 2.05) is 13.0 Å². The number of halogens is 1. The van der Waals surface area contributed by atoms with Gasteiger partial charge in [0.1, 0.15) is 5.82 Å². The first-order chi connectivity index (χ1) is 13.6. The zero-order chi connectivity index (χ0) is 19.9. The molecule has 156 valence electrons. The Bertz CT molecular complexity index is 645. The molecule has 1 aromatic carbocycles. The second-order valence-electron chi connectivity index (χ2n) is 7.71. The number of carbonyl (C=O) groups is 1. The summed E-state index contributed by atoms with van der Waals surface area (Å²) >= 11 is 0. The molecule has 0 aromatic heterocycles. The molecule has 0 spiro atoms. The lowest BCUT2D eigenvalue weighted by Gasteiger charge is -2.44. The van der Waals surface area contributed by atoms with Crippen molar-refractivity contribution in [2.75, 3.05) is 26.3 Å². The fourth-order valence-corrected chi connectivity index (χ4v) is 4.02. The first-order valence-corrected chi connectivity index (χ1v) is 10.2. The van der Waals surface area contributed by atoms with Gasteiger partial charge in [0.05, 0.1) is 37.9 Å². The normalized spacial score (nSPS) is 28.8. The Morgan fingerprint density at radius 3 is 2.93 bits per heavy atom. The summed E-state index contributed by atoms with van der Waals surface area (Å²) in [4.78, 5) is 14.1. The minimum atomic E-state index is -0.620. The molecule has 2 saturated heterocycles. The molecule has 2 aliphatic rings. The van der Waals surface area contributed by atoms with Gasteiger partial charge >= 0.3 is 0 Å². The second-order valence-corrected chi connectivity index (χ2v) is 7.71. The Morgan fingerprint density at radius 2 is 2.14 bits per heavy atom. The first kappa shape index (κ1) is 21.2. The van der Waals surface area contributed by atoms with Crippen LogP contribution in [0.3, 0.4) is 0 Å². The number of hydrogen-bond acceptors (Lipinski definition) is 5. The third kappa shape index (κ3) is 5.73. The lowest BCUT2D eigenvalue weighted by atomic mass is 9.94. The summed E-state index contributed by atoms with van der Waals surface area (Å²) in [5.41, 5.74) is 0.607. The highest BCUT2D eigenvalue weighted by atomic mass is 19.1. The summed E-state index contributed by atoms with van der Waals surface area (Å²) in [6.45, 7) is 4.10. The maximum Gasteiger partial charge on any atom is 0.222 e. The van der Waals surface area contributed by atoms with Gasteiger partial charge in [0.2, 0.25) is 5.91 Å². The van der Waals surface area contributed by atoms with Crippen LogP contribution in [0.5, 0.6) is 0 Å². The Hall–Kier alpha value is -1.54. The monoisotopic (exact) mass is 394 g/mol. The third-order valence-corrected chi connectivity index (χ3v) is 5.40. The molecular weight excluding hydrogens is 363 g/mol. The number of nitrogens with one attached hydrogen (secondary N) is 1.